The lowest BCUT2D eigenvalue weighted by Gasteiger charge is -2.10. The molecule has 2 amide bonds. The lowest BCUT2D eigenvalue weighted by atomic mass is 10.1. The van der Waals surface area contributed by atoms with Crippen LogP contribution >= 0.6 is 0 Å². The fourth-order valence-corrected chi connectivity index (χ4v) is 2.59. The van der Waals surface area contributed by atoms with E-state index in [1.54, 1.807) is 36.4 Å². The molecule has 136 valence electrons. The monoisotopic (exact) mass is 366 g/mol. The molecule has 0 radical (unpaired) electrons. The van der Waals surface area contributed by atoms with Crippen molar-refractivity contribution in [2.24, 2.45) is 0 Å². The number of carbonyl (C=O) groups is 2. The Labute approximate surface area is 153 Å². The molecule has 1 aliphatic heterocycles. The summed E-state index contributed by atoms with van der Waals surface area (Å²) in [7, 11) is 0. The number of benzene rings is 2. The van der Waals surface area contributed by atoms with Crippen LogP contribution < -0.4 is 20.1 Å². The van der Waals surface area contributed by atoms with Gasteiger partial charge in [-0.1, -0.05) is 6.07 Å². The van der Waals surface area contributed by atoms with Gasteiger partial charge in [-0.05, 0) is 30.3 Å². The first-order valence-electron chi connectivity index (χ1n) is 7.99. The lowest BCUT2D eigenvalue weighted by molar-refractivity contribution is 0.0994. The van der Waals surface area contributed by atoms with Crippen molar-refractivity contribution in [3.8, 4) is 17.2 Å². The van der Waals surface area contributed by atoms with Gasteiger partial charge in [0.2, 0.25) is 6.79 Å². The number of ether oxygens (including phenoxy) is 2. The average molecular weight is 366 g/mol. The van der Waals surface area contributed by atoms with E-state index in [1.807, 2.05) is 0 Å². The molecule has 0 aliphatic carbocycles. The molecule has 0 unspecified atom stereocenters. The van der Waals surface area contributed by atoms with Crippen LogP contribution in [-0.4, -0.2) is 23.7 Å². The summed E-state index contributed by atoms with van der Waals surface area (Å²) >= 11 is 0. The van der Waals surface area contributed by atoms with Crippen molar-refractivity contribution in [3.63, 3.8) is 0 Å². The Bertz CT molecular complexity index is 1010. The molecule has 0 saturated heterocycles. The summed E-state index contributed by atoms with van der Waals surface area (Å²) in [4.78, 5) is 24.5. The van der Waals surface area contributed by atoms with Crippen LogP contribution in [0.1, 0.15) is 20.9 Å². The van der Waals surface area contributed by atoms with Gasteiger partial charge in [0.05, 0.1) is 11.8 Å². The second-order valence-corrected chi connectivity index (χ2v) is 5.69. The average Bonchev–Trinajstić information content (AvgIpc) is 3.32. The van der Waals surface area contributed by atoms with Crippen LogP contribution in [0.15, 0.2) is 59.2 Å². The Balaban J connectivity index is 1.50. The molecular weight excluding hydrogens is 352 g/mol. The summed E-state index contributed by atoms with van der Waals surface area (Å²) in [5.74, 6) is -0.213. The van der Waals surface area contributed by atoms with Crippen LogP contribution in [0.25, 0.3) is 0 Å². The van der Waals surface area contributed by atoms with Gasteiger partial charge >= 0.3 is 0 Å². The molecule has 27 heavy (non-hydrogen) atoms. The maximum atomic E-state index is 12.5. The minimum atomic E-state index is -0.527. The minimum Gasteiger partial charge on any atom is -0.507 e. The molecule has 0 atom stereocenters. The first-order chi connectivity index (χ1) is 13.1. The highest BCUT2D eigenvalue weighted by Crippen LogP contribution is 2.37. The van der Waals surface area contributed by atoms with E-state index in [-0.39, 0.29) is 23.9 Å². The Morgan fingerprint density at radius 1 is 0.889 bits per heavy atom. The van der Waals surface area contributed by atoms with Crippen molar-refractivity contribution in [2.75, 3.05) is 17.4 Å². The van der Waals surface area contributed by atoms with Crippen LogP contribution in [0, 0.1) is 0 Å². The molecule has 3 N–H and O–H groups in total. The molecule has 1 aromatic heterocycles. The number of hydrogen-bond donors (Lipinski definition) is 3. The van der Waals surface area contributed by atoms with Gasteiger partial charge in [0.25, 0.3) is 11.8 Å². The minimum absolute atomic E-state index is 0.0389. The van der Waals surface area contributed by atoms with Gasteiger partial charge < -0.3 is 29.6 Å². The van der Waals surface area contributed by atoms with E-state index in [4.69, 9.17) is 13.9 Å². The van der Waals surface area contributed by atoms with Crippen LogP contribution in [0.4, 0.5) is 11.4 Å². The summed E-state index contributed by atoms with van der Waals surface area (Å²) in [5, 5.41) is 15.4. The highest BCUT2D eigenvalue weighted by molar-refractivity contribution is 6.07. The molecule has 2 heterocycles. The third-order valence-electron chi connectivity index (χ3n) is 3.86. The SMILES string of the molecule is O=C(Nc1cccc(NC(=O)c2cc3c(cc2O)OCO3)c1)c1ccco1. The Morgan fingerprint density at radius 2 is 1.59 bits per heavy atom. The Kier molecular flexibility index (Phi) is 4.13. The number of phenols is 1. The highest BCUT2D eigenvalue weighted by Gasteiger charge is 2.21. The third kappa shape index (κ3) is 3.40. The predicted molar refractivity (Wildman–Crippen MR) is 95.3 cm³/mol. The van der Waals surface area contributed by atoms with Crippen molar-refractivity contribution in [1.29, 1.82) is 0 Å². The smallest absolute Gasteiger partial charge is 0.291 e. The molecule has 0 spiro atoms. The number of nitrogens with one attached hydrogen (secondary N) is 2. The molecule has 0 saturated carbocycles. The first-order valence-corrected chi connectivity index (χ1v) is 7.99. The lowest BCUT2D eigenvalue weighted by Crippen LogP contribution is -2.13. The van der Waals surface area contributed by atoms with Crippen LogP contribution in [0.3, 0.4) is 0 Å². The number of anilines is 2. The number of amides is 2. The predicted octanol–water partition coefficient (Wildman–Crippen LogP) is 3.22. The number of carbonyl (C=O) groups excluding carboxylic acids is 2. The van der Waals surface area contributed by atoms with E-state index in [9.17, 15) is 14.7 Å². The Hall–Kier alpha value is -3.94. The van der Waals surface area contributed by atoms with Crippen molar-refractivity contribution >= 4 is 23.2 Å². The fraction of sp³-hybridized carbons (Fsp3) is 0.0526. The second-order valence-electron chi connectivity index (χ2n) is 5.69. The summed E-state index contributed by atoms with van der Waals surface area (Å²) in [5.41, 5.74) is 0.961. The van der Waals surface area contributed by atoms with Crippen molar-refractivity contribution < 1.29 is 28.6 Å². The summed E-state index contributed by atoms with van der Waals surface area (Å²) in [6, 6.07) is 12.5. The first kappa shape index (κ1) is 16.5. The zero-order valence-electron chi connectivity index (χ0n) is 13.9. The van der Waals surface area contributed by atoms with Gasteiger partial charge in [0.15, 0.2) is 17.3 Å². The molecule has 2 aromatic carbocycles. The van der Waals surface area contributed by atoms with Gasteiger partial charge in [-0.3, -0.25) is 9.59 Å². The van der Waals surface area contributed by atoms with Crippen LogP contribution in [0.2, 0.25) is 0 Å². The van der Waals surface area contributed by atoms with Crippen molar-refractivity contribution in [3.05, 3.63) is 66.1 Å². The van der Waals surface area contributed by atoms with Gasteiger partial charge in [-0.25, -0.2) is 0 Å². The summed E-state index contributed by atoms with van der Waals surface area (Å²) in [6.07, 6.45) is 1.41. The molecule has 0 bridgehead atoms. The number of hydrogen-bond acceptors (Lipinski definition) is 6. The van der Waals surface area contributed by atoms with Gasteiger partial charge in [-0.2, -0.15) is 0 Å². The standard InChI is InChI=1S/C19H14N2O6/c22-14-9-17-16(26-10-27-17)8-13(14)18(23)20-11-3-1-4-12(7-11)21-19(24)15-5-2-6-25-15/h1-9,22H,10H2,(H,20,23)(H,21,24). The van der Waals surface area contributed by atoms with E-state index < -0.39 is 11.8 Å². The summed E-state index contributed by atoms with van der Waals surface area (Å²) in [6.45, 7) is 0.0389. The molecule has 1 aliphatic rings. The molecule has 0 fully saturated rings. The number of aromatic hydroxyl groups is 1. The normalized spacial score (nSPS) is 11.9. The topological polar surface area (TPSA) is 110 Å². The van der Waals surface area contributed by atoms with Crippen molar-refractivity contribution in [2.45, 2.75) is 0 Å². The largest absolute Gasteiger partial charge is 0.507 e. The highest BCUT2D eigenvalue weighted by atomic mass is 16.7. The second kappa shape index (κ2) is 6.75. The number of phenolic OH excluding ortho intramolecular Hbond substituents is 1. The zero-order valence-corrected chi connectivity index (χ0v) is 13.9. The van der Waals surface area contributed by atoms with E-state index in [1.165, 1.54) is 18.4 Å². The molecular formula is C19H14N2O6. The Morgan fingerprint density at radius 3 is 2.30 bits per heavy atom. The number of fused-ring (bicyclic) bond motifs is 1. The van der Waals surface area contributed by atoms with Crippen molar-refractivity contribution in [1.82, 2.24) is 0 Å². The number of rotatable bonds is 4. The van der Waals surface area contributed by atoms with Gasteiger partial charge in [0, 0.05) is 23.5 Å². The van der Waals surface area contributed by atoms with E-state index in [2.05, 4.69) is 10.6 Å². The molecule has 4 rings (SSSR count). The van der Waals surface area contributed by atoms with Crippen LogP contribution in [-0.2, 0) is 0 Å². The van der Waals surface area contributed by atoms with Gasteiger partial charge in [-0.15, -0.1) is 0 Å². The molecule has 8 nitrogen and oxygen atoms in total. The maximum Gasteiger partial charge on any atom is 0.291 e. The van der Waals surface area contributed by atoms with E-state index >= 15 is 0 Å². The molecule has 3 aromatic rings. The van der Waals surface area contributed by atoms with Crippen LogP contribution in [0.5, 0.6) is 17.2 Å². The zero-order chi connectivity index (χ0) is 18.8. The van der Waals surface area contributed by atoms with Gasteiger partial charge in [0.1, 0.15) is 5.75 Å². The third-order valence-corrected chi connectivity index (χ3v) is 3.86. The van der Waals surface area contributed by atoms with E-state index in [0.29, 0.717) is 22.9 Å². The summed E-state index contributed by atoms with van der Waals surface area (Å²) < 4.78 is 15.4. The molecule has 8 heteroatoms. The fourth-order valence-electron chi connectivity index (χ4n) is 2.59. The number of furan rings is 1. The van der Waals surface area contributed by atoms with E-state index in [0.717, 1.165) is 0 Å². The quantitative estimate of drug-likeness (QED) is 0.654. The maximum absolute atomic E-state index is 12.5.